The van der Waals surface area contributed by atoms with Gasteiger partial charge in [0, 0.05) is 45.3 Å². The molecule has 0 aliphatic carbocycles. The zero-order chi connectivity index (χ0) is 15.3. The van der Waals surface area contributed by atoms with Crippen LogP contribution < -0.4 is 5.73 Å². The number of benzene rings is 1. The van der Waals surface area contributed by atoms with E-state index < -0.39 is 0 Å². The fraction of sp³-hybridized carbons (Fsp3) is 0.647. The first kappa shape index (κ1) is 16.4. The van der Waals surface area contributed by atoms with Crippen molar-refractivity contribution in [3.8, 4) is 0 Å². The molecule has 1 saturated heterocycles. The Balaban J connectivity index is 1.89. The molecule has 0 amide bonds. The van der Waals surface area contributed by atoms with Gasteiger partial charge in [-0.2, -0.15) is 0 Å². The second-order valence-electron chi connectivity index (χ2n) is 6.72. The maximum atomic E-state index is 9.00. The third-order valence-electron chi connectivity index (χ3n) is 4.51. The molecule has 0 bridgehead atoms. The van der Waals surface area contributed by atoms with Gasteiger partial charge in [0.05, 0.1) is 6.61 Å². The van der Waals surface area contributed by atoms with Crippen LogP contribution in [0.25, 0.3) is 0 Å². The summed E-state index contributed by atoms with van der Waals surface area (Å²) in [5, 5.41) is 9.00. The van der Waals surface area contributed by atoms with E-state index >= 15 is 0 Å². The van der Waals surface area contributed by atoms with E-state index in [0.717, 1.165) is 39.3 Å². The summed E-state index contributed by atoms with van der Waals surface area (Å²) >= 11 is 0. The molecule has 118 valence electrons. The molecule has 0 spiro atoms. The average molecular weight is 291 g/mol. The van der Waals surface area contributed by atoms with Crippen LogP contribution in [0.2, 0.25) is 0 Å². The lowest BCUT2D eigenvalue weighted by Gasteiger charge is -2.41. The van der Waals surface area contributed by atoms with Crippen molar-refractivity contribution >= 4 is 0 Å². The summed E-state index contributed by atoms with van der Waals surface area (Å²) in [6, 6.07) is 10.4. The van der Waals surface area contributed by atoms with E-state index in [9.17, 15) is 0 Å². The lowest BCUT2D eigenvalue weighted by molar-refractivity contribution is 0.0772. The summed E-state index contributed by atoms with van der Waals surface area (Å²) in [7, 11) is 0. The minimum absolute atomic E-state index is 0.0422. The van der Waals surface area contributed by atoms with E-state index in [-0.39, 0.29) is 18.1 Å². The summed E-state index contributed by atoms with van der Waals surface area (Å²) < 4.78 is 0. The zero-order valence-corrected chi connectivity index (χ0v) is 13.3. The zero-order valence-electron chi connectivity index (χ0n) is 13.3. The molecule has 2 rings (SSSR count). The highest BCUT2D eigenvalue weighted by atomic mass is 16.3. The van der Waals surface area contributed by atoms with Gasteiger partial charge in [-0.05, 0) is 11.0 Å². The molecule has 0 aromatic heterocycles. The van der Waals surface area contributed by atoms with Gasteiger partial charge in [0.1, 0.15) is 0 Å². The van der Waals surface area contributed by atoms with Gasteiger partial charge in [-0.15, -0.1) is 0 Å². The van der Waals surface area contributed by atoms with Gasteiger partial charge in [0.2, 0.25) is 0 Å². The third-order valence-corrected chi connectivity index (χ3v) is 4.51. The van der Waals surface area contributed by atoms with Gasteiger partial charge >= 0.3 is 0 Å². The topological polar surface area (TPSA) is 52.7 Å². The van der Waals surface area contributed by atoms with Crippen LogP contribution in [0.4, 0.5) is 0 Å². The van der Waals surface area contributed by atoms with Crippen molar-refractivity contribution in [2.75, 3.05) is 45.9 Å². The molecule has 1 heterocycles. The van der Waals surface area contributed by atoms with Crippen LogP contribution in [-0.4, -0.2) is 60.8 Å². The molecule has 0 saturated carbocycles. The van der Waals surface area contributed by atoms with E-state index in [0.29, 0.717) is 0 Å². The third kappa shape index (κ3) is 4.51. The fourth-order valence-electron chi connectivity index (χ4n) is 3.10. The fourth-order valence-corrected chi connectivity index (χ4v) is 3.10. The number of piperazine rings is 1. The van der Waals surface area contributed by atoms with Crippen LogP contribution in [0.5, 0.6) is 0 Å². The molecule has 1 aromatic carbocycles. The standard InChI is InChI=1S/C17H29N3O/c1-17(2,16(18)15-6-4-3-5-7-15)14-20-10-8-19(9-11-20)12-13-21/h3-7,16,21H,8-14,18H2,1-2H3. The van der Waals surface area contributed by atoms with Gasteiger partial charge in [-0.3, -0.25) is 4.90 Å². The van der Waals surface area contributed by atoms with E-state index in [2.05, 4.69) is 47.9 Å². The number of hydrogen-bond donors (Lipinski definition) is 2. The van der Waals surface area contributed by atoms with Crippen LogP contribution in [0, 0.1) is 5.41 Å². The quantitative estimate of drug-likeness (QED) is 0.830. The van der Waals surface area contributed by atoms with Crippen molar-refractivity contribution in [2.45, 2.75) is 19.9 Å². The number of aliphatic hydroxyl groups excluding tert-OH is 1. The molecule has 1 aliphatic heterocycles. The monoisotopic (exact) mass is 291 g/mol. The van der Waals surface area contributed by atoms with E-state index in [1.54, 1.807) is 0 Å². The number of aliphatic hydroxyl groups is 1. The molecule has 0 radical (unpaired) electrons. The van der Waals surface area contributed by atoms with Crippen molar-refractivity contribution in [1.82, 2.24) is 9.80 Å². The summed E-state index contributed by atoms with van der Waals surface area (Å²) in [5.74, 6) is 0. The van der Waals surface area contributed by atoms with E-state index in [4.69, 9.17) is 10.8 Å². The van der Waals surface area contributed by atoms with Crippen molar-refractivity contribution in [1.29, 1.82) is 0 Å². The molecule has 1 aliphatic rings. The Morgan fingerprint density at radius 2 is 1.67 bits per heavy atom. The summed E-state index contributed by atoms with van der Waals surface area (Å²) in [6.45, 7) is 10.8. The molecule has 21 heavy (non-hydrogen) atoms. The predicted molar refractivity (Wildman–Crippen MR) is 87.1 cm³/mol. The van der Waals surface area contributed by atoms with E-state index in [1.165, 1.54) is 5.56 Å². The molecule has 1 unspecified atom stereocenters. The first-order valence-corrected chi connectivity index (χ1v) is 7.89. The second-order valence-corrected chi connectivity index (χ2v) is 6.72. The van der Waals surface area contributed by atoms with Crippen molar-refractivity contribution in [3.63, 3.8) is 0 Å². The van der Waals surface area contributed by atoms with Gasteiger partial charge < -0.3 is 15.7 Å². The van der Waals surface area contributed by atoms with Crippen LogP contribution >= 0.6 is 0 Å². The Labute approximate surface area is 128 Å². The molecule has 4 nitrogen and oxygen atoms in total. The minimum Gasteiger partial charge on any atom is -0.395 e. The molecule has 4 heteroatoms. The Kier molecular flexibility index (Phi) is 5.76. The lowest BCUT2D eigenvalue weighted by Crippen LogP contribution is -2.51. The molecule has 3 N–H and O–H groups in total. The van der Waals surface area contributed by atoms with Crippen molar-refractivity contribution in [3.05, 3.63) is 35.9 Å². The summed E-state index contributed by atoms with van der Waals surface area (Å²) in [5.41, 5.74) is 7.75. The first-order chi connectivity index (χ1) is 10.0. The van der Waals surface area contributed by atoms with Crippen LogP contribution in [0.3, 0.4) is 0 Å². The SMILES string of the molecule is CC(C)(CN1CCN(CCO)CC1)C(N)c1ccccc1. The normalized spacial score (nSPS) is 19.6. The van der Waals surface area contributed by atoms with Crippen molar-refractivity contribution in [2.24, 2.45) is 11.1 Å². The predicted octanol–water partition coefficient (Wildman–Crippen LogP) is 1.32. The molecular weight excluding hydrogens is 262 g/mol. The number of hydrogen-bond acceptors (Lipinski definition) is 4. The summed E-state index contributed by atoms with van der Waals surface area (Å²) in [4.78, 5) is 4.82. The number of nitrogens with zero attached hydrogens (tertiary/aromatic N) is 2. The molecule has 1 fully saturated rings. The van der Waals surface area contributed by atoms with Gasteiger partial charge in [-0.1, -0.05) is 44.2 Å². The lowest BCUT2D eigenvalue weighted by atomic mass is 9.80. The van der Waals surface area contributed by atoms with Crippen molar-refractivity contribution < 1.29 is 5.11 Å². The highest BCUT2D eigenvalue weighted by Crippen LogP contribution is 2.32. The summed E-state index contributed by atoms with van der Waals surface area (Å²) in [6.07, 6.45) is 0. The van der Waals surface area contributed by atoms with Gasteiger partial charge in [0.25, 0.3) is 0 Å². The smallest absolute Gasteiger partial charge is 0.0558 e. The maximum Gasteiger partial charge on any atom is 0.0558 e. The highest BCUT2D eigenvalue weighted by molar-refractivity contribution is 5.20. The Morgan fingerprint density at radius 3 is 2.24 bits per heavy atom. The maximum absolute atomic E-state index is 9.00. The first-order valence-electron chi connectivity index (χ1n) is 7.89. The van der Waals surface area contributed by atoms with Crippen LogP contribution in [-0.2, 0) is 0 Å². The highest BCUT2D eigenvalue weighted by Gasteiger charge is 2.31. The number of rotatable bonds is 6. The number of nitrogens with two attached hydrogens (primary N) is 1. The van der Waals surface area contributed by atoms with Crippen LogP contribution in [0.1, 0.15) is 25.5 Å². The average Bonchev–Trinajstić information content (AvgIpc) is 2.49. The largest absolute Gasteiger partial charge is 0.395 e. The van der Waals surface area contributed by atoms with Gasteiger partial charge in [0.15, 0.2) is 0 Å². The Hall–Kier alpha value is -0.940. The Morgan fingerprint density at radius 1 is 1.10 bits per heavy atom. The van der Waals surface area contributed by atoms with Crippen LogP contribution in [0.15, 0.2) is 30.3 Å². The molecular formula is C17H29N3O. The minimum atomic E-state index is 0.0422. The molecule has 1 atom stereocenters. The molecule has 1 aromatic rings. The van der Waals surface area contributed by atoms with Gasteiger partial charge in [-0.25, -0.2) is 0 Å². The Bertz CT molecular complexity index is 413. The number of β-amino-alcohol motifs (C(OH)–C–C–N with tert-alkyl or cyclic N) is 1. The second kappa shape index (κ2) is 7.36. The van der Waals surface area contributed by atoms with E-state index in [1.807, 2.05) is 6.07 Å².